The Morgan fingerprint density at radius 1 is 0.627 bits per heavy atom. The van der Waals surface area contributed by atoms with Gasteiger partial charge in [0.1, 0.15) is 24.4 Å². The predicted molar refractivity (Wildman–Crippen MR) is 217 cm³/mol. The highest BCUT2D eigenvalue weighted by Gasteiger charge is 2.55. The summed E-state index contributed by atoms with van der Waals surface area (Å²) in [6.45, 7) is 10.1. The van der Waals surface area contributed by atoms with Crippen molar-refractivity contribution in [2.75, 3.05) is 41.7 Å². The van der Waals surface area contributed by atoms with E-state index >= 15 is 0 Å². The Morgan fingerprint density at radius 2 is 0.983 bits per heavy atom. The molecule has 3 heterocycles. The highest BCUT2D eigenvalue weighted by atomic mass is 35.5. The van der Waals surface area contributed by atoms with Crippen molar-refractivity contribution in [3.8, 4) is 0 Å². The molecule has 0 aliphatic carbocycles. The van der Waals surface area contributed by atoms with Gasteiger partial charge in [-0.15, -0.1) is 0 Å². The van der Waals surface area contributed by atoms with Gasteiger partial charge in [-0.25, -0.2) is 19.2 Å². The summed E-state index contributed by atoms with van der Waals surface area (Å²) in [5, 5.41) is 7.07. The van der Waals surface area contributed by atoms with Gasteiger partial charge in [0.05, 0.1) is 73.0 Å². The molecule has 3 aliphatic heterocycles. The van der Waals surface area contributed by atoms with Gasteiger partial charge in [0.15, 0.2) is 5.79 Å². The lowest BCUT2D eigenvalue weighted by Gasteiger charge is -2.39. The molecule has 6 unspecified atom stereocenters. The summed E-state index contributed by atoms with van der Waals surface area (Å²) >= 11 is 13.6. The molecule has 2 N–H and O–H groups in total. The van der Waals surface area contributed by atoms with E-state index in [1.807, 2.05) is 0 Å². The van der Waals surface area contributed by atoms with Crippen molar-refractivity contribution in [1.29, 1.82) is 0 Å². The number of hydrogen-bond acceptors (Lipinski definition) is 14. The van der Waals surface area contributed by atoms with Crippen molar-refractivity contribution in [2.45, 2.75) is 83.6 Å². The van der Waals surface area contributed by atoms with Crippen LogP contribution in [0.5, 0.6) is 0 Å². The van der Waals surface area contributed by atoms with Crippen LogP contribution in [-0.4, -0.2) is 95.7 Å². The summed E-state index contributed by atoms with van der Waals surface area (Å²) in [5.74, 6) is -6.35. The van der Waals surface area contributed by atoms with Crippen LogP contribution < -0.4 is 10.6 Å². The Bertz CT molecular complexity index is 1960. The molecule has 0 saturated carbocycles. The molecule has 16 heteroatoms. The number of benzene rings is 2. The third-order valence-electron chi connectivity index (χ3n) is 10.3. The standard InChI is InChI=1S/C43H50Cl2N2O12/c1-11-56-41(50)31-29(23-17-13-15-19-25(23)44)27(39(48)54-9)21(3)46-33(31)35(52-7)37-38(59-43(5,6)58-37)36(53-8)34-32(42(51)57-12-2)30(24-18-14-16-20-26(24)45)28(22(4)47-34)40(49)55-10/h13-20,29-30,35-38,46-47H,11-12H2,1-10H3. The third kappa shape index (κ3) is 8.93. The van der Waals surface area contributed by atoms with Crippen molar-refractivity contribution in [1.82, 2.24) is 10.6 Å². The van der Waals surface area contributed by atoms with Gasteiger partial charge in [-0.3, -0.25) is 0 Å². The molecule has 3 aliphatic rings. The largest absolute Gasteiger partial charge is 0.466 e. The van der Waals surface area contributed by atoms with Crippen molar-refractivity contribution in [3.63, 3.8) is 0 Å². The van der Waals surface area contributed by atoms with Crippen LogP contribution in [-0.2, 0) is 57.1 Å². The van der Waals surface area contributed by atoms with E-state index in [-0.39, 0.29) is 56.9 Å². The van der Waals surface area contributed by atoms with Crippen LogP contribution in [0.1, 0.15) is 64.5 Å². The van der Waals surface area contributed by atoms with Gasteiger partial charge in [-0.1, -0.05) is 59.6 Å². The quantitative estimate of drug-likeness (QED) is 0.164. The first-order valence-corrected chi connectivity index (χ1v) is 19.7. The zero-order valence-electron chi connectivity index (χ0n) is 34.7. The fraction of sp³-hybridized carbons (Fsp3) is 0.442. The number of halogens is 2. The van der Waals surface area contributed by atoms with E-state index in [0.29, 0.717) is 22.5 Å². The molecule has 0 bridgehead atoms. The van der Waals surface area contributed by atoms with Crippen LogP contribution in [0, 0.1) is 0 Å². The topological polar surface area (TPSA) is 166 Å². The van der Waals surface area contributed by atoms with Crippen LogP contribution >= 0.6 is 23.2 Å². The minimum absolute atomic E-state index is 0.00664. The summed E-state index contributed by atoms with van der Waals surface area (Å²) in [5.41, 5.74) is 2.25. The number of hydrogen-bond donors (Lipinski definition) is 2. The van der Waals surface area contributed by atoms with Crippen molar-refractivity contribution in [2.24, 2.45) is 0 Å². The number of esters is 4. The number of carbonyl (C=O) groups is 4. The molecule has 2 aromatic carbocycles. The lowest BCUT2D eigenvalue weighted by Crippen LogP contribution is -2.51. The third-order valence-corrected chi connectivity index (χ3v) is 10.9. The van der Waals surface area contributed by atoms with Crippen LogP contribution in [0.4, 0.5) is 0 Å². The summed E-state index contributed by atoms with van der Waals surface area (Å²) in [7, 11) is 5.35. The SMILES string of the molecule is CCOC(=O)C1=C(C(OC)C2OC(C)(C)OC2C(OC)C2=C(C(=O)OCC)C(c3ccccc3Cl)C(C(=O)OC)=C(C)N2)NC(C)=C(C(=O)OC)C1c1ccccc1Cl. The van der Waals surface area contributed by atoms with Gasteiger partial charge in [0, 0.05) is 35.7 Å². The fourth-order valence-corrected chi connectivity index (χ4v) is 8.44. The molecule has 14 nitrogen and oxygen atoms in total. The maximum Gasteiger partial charge on any atom is 0.336 e. The maximum atomic E-state index is 14.3. The summed E-state index contributed by atoms with van der Waals surface area (Å²) in [6.07, 6.45) is -4.52. The Kier molecular flexibility index (Phi) is 14.7. The second-order valence-electron chi connectivity index (χ2n) is 14.2. The molecule has 0 aromatic heterocycles. The zero-order chi connectivity index (χ0) is 43.3. The van der Waals surface area contributed by atoms with E-state index in [1.54, 1.807) is 90.1 Å². The first kappa shape index (κ1) is 45.4. The number of allylic oxidation sites excluding steroid dienone is 2. The lowest BCUT2D eigenvalue weighted by molar-refractivity contribution is -0.160. The number of methoxy groups -OCH3 is 4. The fourth-order valence-electron chi connectivity index (χ4n) is 7.95. The Hall–Kier alpha value is -4.70. The van der Waals surface area contributed by atoms with Gasteiger partial charge in [-0.2, -0.15) is 0 Å². The Morgan fingerprint density at radius 3 is 1.29 bits per heavy atom. The Balaban J connectivity index is 1.78. The van der Waals surface area contributed by atoms with Gasteiger partial charge in [0.2, 0.25) is 0 Å². The maximum absolute atomic E-state index is 14.3. The second kappa shape index (κ2) is 19.1. The lowest BCUT2D eigenvalue weighted by atomic mass is 9.77. The predicted octanol–water partition coefficient (Wildman–Crippen LogP) is 6.15. The highest BCUT2D eigenvalue weighted by molar-refractivity contribution is 6.32. The molecule has 5 rings (SSSR count). The molecule has 0 radical (unpaired) electrons. The number of dihydropyridines is 2. The molecule has 318 valence electrons. The molecule has 1 saturated heterocycles. The monoisotopic (exact) mass is 856 g/mol. The van der Waals surface area contributed by atoms with Crippen LogP contribution in [0.15, 0.2) is 93.6 Å². The molecule has 0 amide bonds. The first-order chi connectivity index (χ1) is 28.1. The molecular formula is C43H50Cl2N2O12. The summed E-state index contributed by atoms with van der Waals surface area (Å²) < 4.78 is 47.5. The van der Waals surface area contributed by atoms with Gasteiger partial charge in [0.25, 0.3) is 0 Å². The number of nitrogens with one attached hydrogen (secondary N) is 2. The number of carbonyl (C=O) groups excluding carboxylic acids is 4. The van der Waals surface area contributed by atoms with Crippen molar-refractivity contribution in [3.05, 3.63) is 115 Å². The van der Waals surface area contributed by atoms with Crippen LogP contribution in [0.25, 0.3) is 0 Å². The Labute approximate surface area is 353 Å². The number of rotatable bonds is 14. The molecule has 59 heavy (non-hydrogen) atoms. The summed E-state index contributed by atoms with van der Waals surface area (Å²) in [6, 6.07) is 13.7. The molecule has 0 spiro atoms. The van der Waals surface area contributed by atoms with E-state index < -0.39 is 65.9 Å². The molecular weight excluding hydrogens is 807 g/mol. The van der Waals surface area contributed by atoms with Gasteiger partial charge >= 0.3 is 23.9 Å². The average molecular weight is 858 g/mol. The minimum atomic E-state index is -1.30. The van der Waals surface area contributed by atoms with E-state index in [0.717, 1.165) is 0 Å². The molecule has 1 fully saturated rings. The number of ether oxygens (including phenoxy) is 8. The van der Waals surface area contributed by atoms with Gasteiger partial charge in [-0.05, 0) is 64.8 Å². The van der Waals surface area contributed by atoms with E-state index in [4.69, 9.17) is 61.1 Å². The van der Waals surface area contributed by atoms with Crippen LogP contribution in [0.2, 0.25) is 10.0 Å². The molecule has 6 atom stereocenters. The summed E-state index contributed by atoms with van der Waals surface area (Å²) in [4.78, 5) is 55.5. The second-order valence-corrected chi connectivity index (χ2v) is 15.0. The average Bonchev–Trinajstić information content (AvgIpc) is 3.51. The first-order valence-electron chi connectivity index (χ1n) is 19.0. The smallest absolute Gasteiger partial charge is 0.336 e. The minimum Gasteiger partial charge on any atom is -0.466 e. The van der Waals surface area contributed by atoms with E-state index in [9.17, 15) is 19.2 Å². The van der Waals surface area contributed by atoms with E-state index in [2.05, 4.69) is 10.6 Å². The zero-order valence-corrected chi connectivity index (χ0v) is 36.2. The van der Waals surface area contributed by atoms with Crippen molar-refractivity contribution >= 4 is 47.1 Å². The van der Waals surface area contributed by atoms with E-state index in [1.165, 1.54) is 28.4 Å². The highest BCUT2D eigenvalue weighted by Crippen LogP contribution is 2.47. The van der Waals surface area contributed by atoms with Gasteiger partial charge < -0.3 is 48.5 Å². The normalized spacial score (nSPS) is 22.6. The molecule has 2 aromatic rings. The van der Waals surface area contributed by atoms with Crippen molar-refractivity contribution < 1.29 is 57.1 Å². The van der Waals surface area contributed by atoms with Crippen LogP contribution in [0.3, 0.4) is 0 Å².